The van der Waals surface area contributed by atoms with Crippen LogP contribution in [0.1, 0.15) is 26.7 Å². The summed E-state index contributed by atoms with van der Waals surface area (Å²) in [6.45, 7) is 6.91. The zero-order chi connectivity index (χ0) is 11.9. The van der Waals surface area contributed by atoms with Crippen molar-refractivity contribution < 1.29 is 4.79 Å². The predicted molar refractivity (Wildman–Crippen MR) is 63.6 cm³/mol. The Morgan fingerprint density at radius 1 is 1.47 bits per heavy atom. The zero-order valence-corrected chi connectivity index (χ0v) is 10.5. The maximum atomic E-state index is 11.0. The highest BCUT2D eigenvalue weighted by atomic mass is 16.1. The average molecular weight is 215 g/mol. The van der Waals surface area contributed by atoms with Crippen molar-refractivity contribution >= 4 is 5.91 Å². The quantitative estimate of drug-likeness (QED) is 0.647. The minimum atomic E-state index is 0.112. The van der Waals surface area contributed by atoms with E-state index >= 15 is 0 Å². The van der Waals surface area contributed by atoms with Crippen molar-refractivity contribution in [3.63, 3.8) is 0 Å². The number of hydrogen-bond acceptors (Lipinski definition) is 3. The molecule has 0 aromatic rings. The molecule has 0 aromatic heterocycles. The first-order chi connectivity index (χ1) is 6.91. The van der Waals surface area contributed by atoms with Crippen molar-refractivity contribution in [3.05, 3.63) is 0 Å². The van der Waals surface area contributed by atoms with Crippen molar-refractivity contribution in [3.8, 4) is 0 Å². The molecular weight excluding hydrogens is 190 g/mol. The fourth-order valence-electron chi connectivity index (χ4n) is 1.51. The minimum absolute atomic E-state index is 0.112. The van der Waals surface area contributed by atoms with E-state index in [-0.39, 0.29) is 11.3 Å². The summed E-state index contributed by atoms with van der Waals surface area (Å²) in [5, 5.41) is 2.62. The fourth-order valence-corrected chi connectivity index (χ4v) is 1.51. The number of nitrogens with zero attached hydrogens (tertiary/aromatic N) is 1. The first-order valence-electron chi connectivity index (χ1n) is 5.50. The van der Waals surface area contributed by atoms with Crippen LogP contribution in [0.3, 0.4) is 0 Å². The van der Waals surface area contributed by atoms with Gasteiger partial charge in [-0.1, -0.05) is 13.8 Å². The second-order valence-electron chi connectivity index (χ2n) is 4.88. The topological polar surface area (TPSA) is 58.4 Å². The Kier molecular flexibility index (Phi) is 6.52. The molecule has 0 saturated heterocycles. The Morgan fingerprint density at radius 3 is 2.53 bits per heavy atom. The van der Waals surface area contributed by atoms with Gasteiger partial charge in [-0.3, -0.25) is 4.79 Å². The van der Waals surface area contributed by atoms with Crippen LogP contribution in [0.5, 0.6) is 0 Å². The predicted octanol–water partition coefficient (Wildman–Crippen LogP) is 0.429. The summed E-state index contributed by atoms with van der Waals surface area (Å²) >= 11 is 0. The lowest BCUT2D eigenvalue weighted by atomic mass is 9.93. The van der Waals surface area contributed by atoms with Crippen LogP contribution in [0.15, 0.2) is 0 Å². The van der Waals surface area contributed by atoms with E-state index in [1.54, 1.807) is 7.05 Å². The average Bonchev–Trinajstić information content (AvgIpc) is 2.16. The van der Waals surface area contributed by atoms with Crippen LogP contribution in [-0.2, 0) is 4.79 Å². The van der Waals surface area contributed by atoms with Crippen LogP contribution >= 0.6 is 0 Å². The van der Waals surface area contributed by atoms with Gasteiger partial charge in [0.05, 0.1) is 0 Å². The van der Waals surface area contributed by atoms with Crippen molar-refractivity contribution in [2.75, 3.05) is 33.7 Å². The summed E-state index contributed by atoms with van der Waals surface area (Å²) in [4.78, 5) is 13.2. The molecule has 0 saturated carbocycles. The molecule has 1 amide bonds. The zero-order valence-electron chi connectivity index (χ0n) is 10.5. The molecule has 0 spiro atoms. The third kappa shape index (κ3) is 7.33. The SMILES string of the molecule is CNC(=O)CCCN(C)CC(C)(C)CN. The number of nitrogens with one attached hydrogen (secondary N) is 1. The molecule has 4 heteroatoms. The molecule has 4 nitrogen and oxygen atoms in total. The highest BCUT2D eigenvalue weighted by Crippen LogP contribution is 2.13. The molecule has 0 aliphatic heterocycles. The van der Waals surface area contributed by atoms with E-state index < -0.39 is 0 Å². The third-order valence-electron chi connectivity index (χ3n) is 2.47. The monoisotopic (exact) mass is 215 g/mol. The standard InChI is InChI=1S/C11H25N3O/c1-11(2,8-12)9-14(4)7-5-6-10(15)13-3/h5-9,12H2,1-4H3,(H,13,15). The van der Waals surface area contributed by atoms with Gasteiger partial charge in [-0.15, -0.1) is 0 Å². The van der Waals surface area contributed by atoms with Gasteiger partial charge in [0, 0.05) is 20.0 Å². The largest absolute Gasteiger partial charge is 0.359 e. The fraction of sp³-hybridized carbons (Fsp3) is 0.909. The van der Waals surface area contributed by atoms with Crippen LogP contribution < -0.4 is 11.1 Å². The smallest absolute Gasteiger partial charge is 0.219 e. The van der Waals surface area contributed by atoms with Crippen LogP contribution in [-0.4, -0.2) is 44.5 Å². The van der Waals surface area contributed by atoms with E-state index in [0.29, 0.717) is 13.0 Å². The molecule has 0 heterocycles. The molecule has 15 heavy (non-hydrogen) atoms. The Hall–Kier alpha value is -0.610. The molecule has 0 aliphatic rings. The van der Waals surface area contributed by atoms with Gasteiger partial charge in [-0.05, 0) is 32.0 Å². The highest BCUT2D eigenvalue weighted by molar-refractivity contribution is 5.75. The van der Waals surface area contributed by atoms with Gasteiger partial charge in [0.2, 0.25) is 5.91 Å². The molecule has 0 fully saturated rings. The second kappa shape index (κ2) is 6.80. The van der Waals surface area contributed by atoms with E-state index in [2.05, 4.69) is 31.1 Å². The first kappa shape index (κ1) is 14.4. The highest BCUT2D eigenvalue weighted by Gasteiger charge is 2.17. The van der Waals surface area contributed by atoms with Crippen LogP contribution in [0.25, 0.3) is 0 Å². The molecule has 0 aliphatic carbocycles. The minimum Gasteiger partial charge on any atom is -0.359 e. The van der Waals surface area contributed by atoms with Gasteiger partial charge >= 0.3 is 0 Å². The van der Waals surface area contributed by atoms with E-state index in [1.165, 1.54) is 0 Å². The van der Waals surface area contributed by atoms with Gasteiger partial charge in [0.25, 0.3) is 0 Å². The number of carbonyl (C=O) groups excluding carboxylic acids is 1. The normalized spacial score (nSPS) is 11.9. The molecule has 0 aromatic carbocycles. The molecular formula is C11H25N3O. The summed E-state index contributed by atoms with van der Waals surface area (Å²) in [6.07, 6.45) is 1.50. The Bertz CT molecular complexity index is 192. The molecule has 0 bridgehead atoms. The molecule has 0 radical (unpaired) electrons. The summed E-state index contributed by atoms with van der Waals surface area (Å²) in [5.74, 6) is 0.112. The number of rotatable bonds is 7. The third-order valence-corrected chi connectivity index (χ3v) is 2.47. The molecule has 0 rings (SSSR count). The summed E-state index contributed by atoms with van der Waals surface area (Å²) in [6, 6.07) is 0. The lowest BCUT2D eigenvalue weighted by Gasteiger charge is -2.28. The van der Waals surface area contributed by atoms with Crippen molar-refractivity contribution in [2.24, 2.45) is 11.1 Å². The molecule has 0 unspecified atom stereocenters. The number of carbonyl (C=O) groups is 1. The molecule has 3 N–H and O–H groups in total. The van der Waals surface area contributed by atoms with Crippen molar-refractivity contribution in [2.45, 2.75) is 26.7 Å². The van der Waals surface area contributed by atoms with E-state index in [4.69, 9.17) is 5.73 Å². The first-order valence-corrected chi connectivity index (χ1v) is 5.50. The van der Waals surface area contributed by atoms with Crippen molar-refractivity contribution in [1.29, 1.82) is 0 Å². The maximum absolute atomic E-state index is 11.0. The summed E-state index contributed by atoms with van der Waals surface area (Å²) in [7, 11) is 3.74. The number of amides is 1. The van der Waals surface area contributed by atoms with Gasteiger partial charge in [-0.2, -0.15) is 0 Å². The lowest BCUT2D eigenvalue weighted by Crippen LogP contribution is -2.37. The van der Waals surface area contributed by atoms with Crippen LogP contribution in [0, 0.1) is 5.41 Å². The Balaban J connectivity index is 3.66. The lowest BCUT2D eigenvalue weighted by molar-refractivity contribution is -0.120. The summed E-state index contributed by atoms with van der Waals surface area (Å²) in [5.41, 5.74) is 5.82. The Labute approximate surface area is 93.2 Å². The second-order valence-corrected chi connectivity index (χ2v) is 4.88. The Morgan fingerprint density at radius 2 is 2.07 bits per heavy atom. The molecule has 0 atom stereocenters. The number of nitrogens with two attached hydrogens (primary N) is 1. The van der Waals surface area contributed by atoms with Crippen molar-refractivity contribution in [1.82, 2.24) is 10.2 Å². The van der Waals surface area contributed by atoms with Gasteiger partial charge < -0.3 is 16.0 Å². The van der Waals surface area contributed by atoms with Gasteiger partial charge in [0.15, 0.2) is 0 Å². The van der Waals surface area contributed by atoms with E-state index in [9.17, 15) is 4.79 Å². The van der Waals surface area contributed by atoms with Gasteiger partial charge in [0.1, 0.15) is 0 Å². The molecule has 90 valence electrons. The maximum Gasteiger partial charge on any atom is 0.219 e. The van der Waals surface area contributed by atoms with Crippen LogP contribution in [0.2, 0.25) is 0 Å². The van der Waals surface area contributed by atoms with E-state index in [1.807, 2.05) is 0 Å². The number of hydrogen-bond donors (Lipinski definition) is 2. The van der Waals surface area contributed by atoms with Crippen LogP contribution in [0.4, 0.5) is 0 Å². The van der Waals surface area contributed by atoms with E-state index in [0.717, 1.165) is 19.5 Å². The summed E-state index contributed by atoms with van der Waals surface area (Å²) < 4.78 is 0. The van der Waals surface area contributed by atoms with Gasteiger partial charge in [-0.25, -0.2) is 0 Å².